The van der Waals surface area contributed by atoms with E-state index in [0.29, 0.717) is 5.92 Å². The highest BCUT2D eigenvalue weighted by Gasteiger charge is 2.41. The molecule has 0 aliphatic heterocycles. The first-order chi connectivity index (χ1) is 10.7. The predicted molar refractivity (Wildman–Crippen MR) is 115 cm³/mol. The van der Waals surface area contributed by atoms with Gasteiger partial charge in [-0.3, -0.25) is 0 Å². The van der Waals surface area contributed by atoms with Crippen LogP contribution < -0.4 is 5.32 Å². The van der Waals surface area contributed by atoms with Gasteiger partial charge in [-0.05, 0) is 78.3 Å². The first kappa shape index (κ1) is 24.2. The van der Waals surface area contributed by atoms with Crippen LogP contribution in [0.1, 0.15) is 20.8 Å². The van der Waals surface area contributed by atoms with Crippen LogP contribution in [0.15, 0.2) is 12.2 Å². The van der Waals surface area contributed by atoms with E-state index >= 15 is 0 Å². The number of hydrogen-bond acceptors (Lipinski definition) is 4. The second kappa shape index (κ2) is 9.80. The lowest BCUT2D eigenvalue weighted by Crippen LogP contribution is -2.59. The second-order valence-electron chi connectivity index (χ2n) is 8.74. The third-order valence-corrected chi connectivity index (χ3v) is 15.8. The van der Waals surface area contributed by atoms with Crippen LogP contribution in [0, 0.1) is 5.92 Å². The summed E-state index contributed by atoms with van der Waals surface area (Å²) in [4.78, 5) is 0. The molecule has 7 heteroatoms. The molecule has 1 atom stereocenters. The van der Waals surface area contributed by atoms with Gasteiger partial charge in [0.05, 0.1) is 0 Å². The monoisotopic (exact) mass is 390 g/mol. The molecule has 4 nitrogen and oxygen atoms in total. The Hall–Kier alpha value is 0.231. The maximum Gasteiger partial charge on any atom is 0.312 e. The summed E-state index contributed by atoms with van der Waals surface area (Å²) >= 11 is 0. The Labute approximate surface area is 154 Å². The van der Waals surface area contributed by atoms with Crippen molar-refractivity contribution >= 4 is 25.4 Å². The molecule has 0 aromatic carbocycles. The molecule has 1 unspecified atom stereocenters. The molecule has 144 valence electrons. The molecule has 1 N–H and O–H groups in total. The van der Waals surface area contributed by atoms with Gasteiger partial charge in [0.25, 0.3) is 8.48 Å². The Morgan fingerprint density at radius 2 is 1.67 bits per heavy atom. The van der Waals surface area contributed by atoms with E-state index in [1.807, 2.05) is 0 Å². The Balaban J connectivity index is 4.77. The lowest BCUT2D eigenvalue weighted by atomic mass is 10.2. The van der Waals surface area contributed by atoms with Crippen molar-refractivity contribution in [2.75, 3.05) is 26.7 Å². The second-order valence-corrected chi connectivity index (χ2v) is 20.8. The molecular weight excluding hydrogens is 348 g/mol. The maximum atomic E-state index is 6.68. The minimum absolute atomic E-state index is 0.646. The Kier molecular flexibility index (Phi) is 9.89. The number of nitrogens with one attached hydrogen (secondary N) is 1. The predicted octanol–water partition coefficient (Wildman–Crippen LogP) is 4.38. The van der Waals surface area contributed by atoms with Gasteiger partial charge in [0.2, 0.25) is 0 Å². The van der Waals surface area contributed by atoms with Crippen molar-refractivity contribution < 1.29 is 8.23 Å². The molecule has 0 saturated carbocycles. The maximum absolute atomic E-state index is 6.68. The molecule has 0 bridgehead atoms. The third kappa shape index (κ3) is 10.3. The standard InChI is InChI=1S/C17H42N2O2Si3/c1-12-18-13-17(4)15-22(6,7)20-24(10,11)21-23(8,9)19(5)14-16(2)3/h17-18H,2,12-15H2,1,3-11H3. The number of rotatable bonds is 12. The van der Waals surface area contributed by atoms with Crippen molar-refractivity contribution in [1.82, 2.24) is 9.88 Å². The molecule has 0 aliphatic rings. The number of nitrogens with zero attached hydrogens (tertiary/aromatic N) is 1. The van der Waals surface area contributed by atoms with Gasteiger partial charge in [0.1, 0.15) is 0 Å². The van der Waals surface area contributed by atoms with E-state index in [9.17, 15) is 0 Å². The van der Waals surface area contributed by atoms with Crippen LogP contribution in [0.4, 0.5) is 0 Å². The number of likely N-dealkylation sites (N-methyl/N-ethyl adjacent to an activating group) is 1. The lowest BCUT2D eigenvalue weighted by molar-refractivity contribution is 0.341. The summed E-state index contributed by atoms with van der Waals surface area (Å²) in [5, 5.41) is 3.44. The highest BCUT2D eigenvalue weighted by molar-refractivity contribution is 6.87. The van der Waals surface area contributed by atoms with Gasteiger partial charge >= 0.3 is 8.56 Å². The smallest absolute Gasteiger partial charge is 0.312 e. The quantitative estimate of drug-likeness (QED) is 0.396. The van der Waals surface area contributed by atoms with E-state index in [2.05, 4.69) is 83.6 Å². The van der Waals surface area contributed by atoms with Gasteiger partial charge in [-0.25, -0.2) is 0 Å². The molecule has 0 heterocycles. The molecule has 0 spiro atoms. The summed E-state index contributed by atoms with van der Waals surface area (Å²) in [5.41, 5.74) is 1.18. The summed E-state index contributed by atoms with van der Waals surface area (Å²) < 4.78 is 15.7. The first-order valence-electron chi connectivity index (χ1n) is 9.17. The highest BCUT2D eigenvalue weighted by Crippen LogP contribution is 2.26. The summed E-state index contributed by atoms with van der Waals surface area (Å²) in [6, 6.07) is 1.17. The molecule has 0 fully saturated rings. The van der Waals surface area contributed by atoms with E-state index in [0.717, 1.165) is 19.6 Å². The van der Waals surface area contributed by atoms with Gasteiger partial charge in [-0.2, -0.15) is 0 Å². The third-order valence-electron chi connectivity index (χ3n) is 4.03. The Morgan fingerprint density at radius 3 is 2.12 bits per heavy atom. The molecule has 0 saturated heterocycles. The van der Waals surface area contributed by atoms with Crippen molar-refractivity contribution in [2.45, 2.75) is 66.1 Å². The van der Waals surface area contributed by atoms with Crippen molar-refractivity contribution in [3.63, 3.8) is 0 Å². The molecular formula is C17H42N2O2Si3. The fraction of sp³-hybridized carbons (Fsp3) is 0.882. The summed E-state index contributed by atoms with van der Waals surface area (Å²) in [5.74, 6) is 0.646. The van der Waals surface area contributed by atoms with Crippen LogP contribution in [-0.4, -0.2) is 56.6 Å². The van der Waals surface area contributed by atoms with Gasteiger partial charge < -0.3 is 18.1 Å². The minimum Gasteiger partial charge on any atom is -0.436 e. The normalized spacial score (nSPS) is 15.0. The highest BCUT2D eigenvalue weighted by atomic mass is 28.5. The van der Waals surface area contributed by atoms with Crippen LogP contribution in [0.2, 0.25) is 45.3 Å². The fourth-order valence-corrected chi connectivity index (χ4v) is 17.4. The molecule has 0 aliphatic carbocycles. The first-order valence-corrected chi connectivity index (χ1v) is 18.0. The van der Waals surface area contributed by atoms with Crippen LogP contribution >= 0.6 is 0 Å². The largest absolute Gasteiger partial charge is 0.436 e. The SMILES string of the molecule is C=C(C)CN(C)[Si](C)(C)O[Si](C)(C)O[Si](C)(C)CC(C)CNCC. The summed E-state index contributed by atoms with van der Waals surface area (Å²) in [6.45, 7) is 27.2. The van der Waals surface area contributed by atoms with Gasteiger partial charge in [0.15, 0.2) is 8.32 Å². The summed E-state index contributed by atoms with van der Waals surface area (Å²) in [7, 11) is -3.69. The van der Waals surface area contributed by atoms with E-state index < -0.39 is 25.4 Å². The van der Waals surface area contributed by atoms with Crippen molar-refractivity contribution in [1.29, 1.82) is 0 Å². The zero-order valence-corrected chi connectivity index (χ0v) is 20.9. The van der Waals surface area contributed by atoms with Crippen LogP contribution in [0.3, 0.4) is 0 Å². The molecule has 0 aromatic heterocycles. The van der Waals surface area contributed by atoms with E-state index in [1.54, 1.807) is 0 Å². The Morgan fingerprint density at radius 1 is 1.12 bits per heavy atom. The molecule has 0 amide bonds. The van der Waals surface area contributed by atoms with Crippen LogP contribution in [0.25, 0.3) is 0 Å². The minimum atomic E-state index is -2.15. The lowest BCUT2D eigenvalue weighted by Gasteiger charge is -2.42. The van der Waals surface area contributed by atoms with Crippen LogP contribution in [0.5, 0.6) is 0 Å². The molecule has 0 aromatic rings. The average molecular weight is 391 g/mol. The summed E-state index contributed by atoms with van der Waals surface area (Å²) in [6.07, 6.45) is 0. The zero-order chi connectivity index (χ0) is 19.2. The van der Waals surface area contributed by atoms with Gasteiger partial charge in [-0.15, -0.1) is 0 Å². The van der Waals surface area contributed by atoms with Crippen LogP contribution in [-0.2, 0) is 8.23 Å². The van der Waals surface area contributed by atoms with Gasteiger partial charge in [0, 0.05) is 6.54 Å². The molecule has 0 rings (SSSR count). The molecule has 0 radical (unpaired) electrons. The average Bonchev–Trinajstić information content (AvgIpc) is 2.31. The van der Waals surface area contributed by atoms with E-state index in [4.69, 9.17) is 8.23 Å². The Bertz CT molecular complexity index is 401. The fourth-order valence-electron chi connectivity index (χ4n) is 3.30. The van der Waals surface area contributed by atoms with Crippen molar-refractivity contribution in [3.05, 3.63) is 12.2 Å². The van der Waals surface area contributed by atoms with Crippen molar-refractivity contribution in [3.8, 4) is 0 Å². The van der Waals surface area contributed by atoms with E-state index in [1.165, 1.54) is 11.6 Å². The van der Waals surface area contributed by atoms with Gasteiger partial charge in [-0.1, -0.05) is 26.0 Å². The topological polar surface area (TPSA) is 33.7 Å². The number of hydrogen-bond donors (Lipinski definition) is 1. The van der Waals surface area contributed by atoms with Crippen molar-refractivity contribution in [2.24, 2.45) is 5.92 Å². The van der Waals surface area contributed by atoms with E-state index in [-0.39, 0.29) is 0 Å². The molecule has 24 heavy (non-hydrogen) atoms. The zero-order valence-electron chi connectivity index (χ0n) is 17.9.